The second-order valence-electron chi connectivity index (χ2n) is 4.91. The average molecular weight is 220 g/mol. The monoisotopic (exact) mass is 220 g/mol. The van der Waals surface area contributed by atoms with E-state index in [0.717, 1.165) is 18.0 Å². The quantitative estimate of drug-likeness (QED) is 0.802. The Hall–Kier alpha value is -1.39. The summed E-state index contributed by atoms with van der Waals surface area (Å²) in [5.41, 5.74) is 0.942. The molecule has 16 heavy (non-hydrogen) atoms. The Morgan fingerprint density at radius 2 is 2.44 bits per heavy atom. The fourth-order valence-electron chi connectivity index (χ4n) is 2.34. The zero-order valence-electron chi connectivity index (χ0n) is 9.39. The highest BCUT2D eigenvalue weighted by Gasteiger charge is 2.50. The van der Waals surface area contributed by atoms with Crippen LogP contribution in [0.3, 0.4) is 0 Å². The highest BCUT2D eigenvalue weighted by Crippen LogP contribution is 2.54. The summed E-state index contributed by atoms with van der Waals surface area (Å²) in [5, 5.41) is 10.6. The van der Waals surface area contributed by atoms with E-state index in [0.29, 0.717) is 12.5 Å². The number of amides is 1. The van der Waals surface area contributed by atoms with Crippen molar-refractivity contribution in [3.63, 3.8) is 0 Å². The molecule has 0 aliphatic heterocycles. The van der Waals surface area contributed by atoms with Crippen molar-refractivity contribution in [3.8, 4) is 0 Å². The van der Waals surface area contributed by atoms with Crippen LogP contribution in [0.25, 0.3) is 0 Å². The van der Waals surface area contributed by atoms with Crippen LogP contribution in [0.4, 0.5) is 0 Å². The molecular weight excluding hydrogens is 204 g/mol. The number of carbonyl (C=O) groups is 1. The van der Waals surface area contributed by atoms with Crippen molar-refractivity contribution in [2.75, 3.05) is 0 Å². The van der Waals surface area contributed by atoms with Crippen LogP contribution in [-0.2, 0) is 18.4 Å². The van der Waals surface area contributed by atoms with E-state index in [2.05, 4.69) is 15.6 Å². The molecule has 1 N–H and O–H groups in total. The van der Waals surface area contributed by atoms with Crippen LogP contribution in [-0.4, -0.2) is 20.9 Å². The third-order valence-corrected chi connectivity index (χ3v) is 3.66. The molecule has 0 radical (unpaired) electrons. The van der Waals surface area contributed by atoms with Gasteiger partial charge in [-0.05, 0) is 31.1 Å². The lowest BCUT2D eigenvalue weighted by Crippen LogP contribution is -2.26. The molecule has 2 fully saturated rings. The zero-order chi connectivity index (χ0) is 11.1. The summed E-state index contributed by atoms with van der Waals surface area (Å²) < 4.78 is 1.69. The first-order chi connectivity index (χ1) is 7.75. The van der Waals surface area contributed by atoms with Crippen molar-refractivity contribution < 1.29 is 4.79 Å². The van der Waals surface area contributed by atoms with Crippen molar-refractivity contribution in [3.05, 3.63) is 11.9 Å². The number of carbonyl (C=O) groups excluding carboxylic acids is 1. The summed E-state index contributed by atoms with van der Waals surface area (Å²) in [4.78, 5) is 11.8. The number of aryl methyl sites for hydroxylation is 1. The molecule has 1 aromatic heterocycles. The molecule has 5 nitrogen and oxygen atoms in total. The number of nitrogens with one attached hydrogen (secondary N) is 1. The van der Waals surface area contributed by atoms with Gasteiger partial charge in [0.2, 0.25) is 5.91 Å². The molecule has 2 aliphatic carbocycles. The maximum absolute atomic E-state index is 11.8. The van der Waals surface area contributed by atoms with Gasteiger partial charge in [-0.25, -0.2) is 0 Å². The van der Waals surface area contributed by atoms with E-state index in [1.54, 1.807) is 10.9 Å². The number of rotatable bonds is 4. The average Bonchev–Trinajstić information content (AvgIpc) is 3.13. The van der Waals surface area contributed by atoms with E-state index in [-0.39, 0.29) is 11.8 Å². The van der Waals surface area contributed by atoms with Crippen LogP contribution in [0.1, 0.15) is 25.0 Å². The lowest BCUT2D eigenvalue weighted by Gasteiger charge is -2.04. The standard InChI is InChI=1S/C11H16N4O/c1-15-8(6-13-14-15)5-12-11(16)10-4-9(10)7-2-3-7/h6-7,9-10H,2-5H2,1H3,(H,12,16)/t9-,10+/m1/s1. The van der Waals surface area contributed by atoms with Gasteiger partial charge in [0.05, 0.1) is 18.4 Å². The molecule has 0 unspecified atom stereocenters. The molecule has 1 aromatic rings. The molecule has 0 saturated heterocycles. The van der Waals surface area contributed by atoms with Gasteiger partial charge in [0, 0.05) is 13.0 Å². The molecule has 0 aromatic carbocycles. The molecule has 0 bridgehead atoms. The van der Waals surface area contributed by atoms with Crippen molar-refractivity contribution in [2.24, 2.45) is 24.8 Å². The topological polar surface area (TPSA) is 59.8 Å². The Morgan fingerprint density at radius 3 is 3.06 bits per heavy atom. The molecule has 2 atom stereocenters. The van der Waals surface area contributed by atoms with Crippen LogP contribution in [0, 0.1) is 17.8 Å². The van der Waals surface area contributed by atoms with Gasteiger partial charge < -0.3 is 5.32 Å². The molecule has 0 spiro atoms. The van der Waals surface area contributed by atoms with Crippen molar-refractivity contribution >= 4 is 5.91 Å². The Morgan fingerprint density at radius 1 is 1.62 bits per heavy atom. The third kappa shape index (κ3) is 1.81. The second-order valence-corrected chi connectivity index (χ2v) is 4.91. The maximum atomic E-state index is 11.8. The molecule has 2 aliphatic rings. The first-order valence-electron chi connectivity index (χ1n) is 5.87. The van der Waals surface area contributed by atoms with Gasteiger partial charge >= 0.3 is 0 Å². The van der Waals surface area contributed by atoms with Gasteiger partial charge in [0.15, 0.2) is 0 Å². The molecule has 3 rings (SSSR count). The number of nitrogens with zero attached hydrogens (tertiary/aromatic N) is 3. The molecule has 86 valence electrons. The summed E-state index contributed by atoms with van der Waals surface area (Å²) >= 11 is 0. The minimum Gasteiger partial charge on any atom is -0.350 e. The zero-order valence-corrected chi connectivity index (χ0v) is 9.39. The second kappa shape index (κ2) is 3.57. The van der Waals surface area contributed by atoms with Gasteiger partial charge in [0.1, 0.15) is 0 Å². The van der Waals surface area contributed by atoms with Crippen LogP contribution in [0.2, 0.25) is 0 Å². The first-order valence-corrected chi connectivity index (χ1v) is 5.87. The number of hydrogen-bond donors (Lipinski definition) is 1. The normalized spacial score (nSPS) is 27.8. The Kier molecular flexibility index (Phi) is 2.19. The van der Waals surface area contributed by atoms with Gasteiger partial charge in [-0.1, -0.05) is 5.21 Å². The molecule has 1 heterocycles. The lowest BCUT2D eigenvalue weighted by molar-refractivity contribution is -0.122. The van der Waals surface area contributed by atoms with Crippen molar-refractivity contribution in [1.82, 2.24) is 20.3 Å². The van der Waals surface area contributed by atoms with Gasteiger partial charge in [-0.2, -0.15) is 0 Å². The van der Waals surface area contributed by atoms with Gasteiger partial charge in [0.25, 0.3) is 0 Å². The van der Waals surface area contributed by atoms with Crippen LogP contribution >= 0.6 is 0 Å². The van der Waals surface area contributed by atoms with E-state index < -0.39 is 0 Å². The maximum Gasteiger partial charge on any atom is 0.223 e. The number of aromatic nitrogens is 3. The minimum atomic E-state index is 0.207. The molecule has 5 heteroatoms. The SMILES string of the molecule is Cn1nncc1CNC(=O)[C@H]1C[C@@H]1C1CC1. The fourth-order valence-corrected chi connectivity index (χ4v) is 2.34. The summed E-state index contributed by atoms with van der Waals surface area (Å²) in [5.74, 6) is 2.03. The summed E-state index contributed by atoms with van der Waals surface area (Å²) in [7, 11) is 1.83. The lowest BCUT2D eigenvalue weighted by atomic mass is 10.2. The molecule has 1 amide bonds. The summed E-state index contributed by atoms with van der Waals surface area (Å²) in [6.07, 6.45) is 5.45. The highest BCUT2D eigenvalue weighted by atomic mass is 16.2. The minimum absolute atomic E-state index is 0.207. The molecular formula is C11H16N4O. The van der Waals surface area contributed by atoms with E-state index in [1.165, 1.54) is 12.8 Å². The van der Waals surface area contributed by atoms with Crippen LogP contribution in [0.15, 0.2) is 6.20 Å². The van der Waals surface area contributed by atoms with Crippen LogP contribution < -0.4 is 5.32 Å². The van der Waals surface area contributed by atoms with E-state index in [1.807, 2.05) is 7.05 Å². The largest absolute Gasteiger partial charge is 0.350 e. The number of hydrogen-bond acceptors (Lipinski definition) is 3. The summed E-state index contributed by atoms with van der Waals surface area (Å²) in [6.45, 7) is 0.538. The molecule has 2 saturated carbocycles. The van der Waals surface area contributed by atoms with E-state index in [9.17, 15) is 4.79 Å². The predicted molar refractivity (Wildman–Crippen MR) is 57.2 cm³/mol. The van der Waals surface area contributed by atoms with Crippen molar-refractivity contribution in [2.45, 2.75) is 25.8 Å². The Bertz CT molecular complexity index is 410. The summed E-state index contributed by atoms with van der Waals surface area (Å²) in [6, 6.07) is 0. The van der Waals surface area contributed by atoms with Crippen LogP contribution in [0.5, 0.6) is 0 Å². The van der Waals surface area contributed by atoms with E-state index in [4.69, 9.17) is 0 Å². The fraction of sp³-hybridized carbons (Fsp3) is 0.727. The smallest absolute Gasteiger partial charge is 0.223 e. The highest BCUT2D eigenvalue weighted by molar-refractivity contribution is 5.81. The van der Waals surface area contributed by atoms with E-state index >= 15 is 0 Å². The van der Waals surface area contributed by atoms with Crippen molar-refractivity contribution in [1.29, 1.82) is 0 Å². The Balaban J connectivity index is 1.49. The Labute approximate surface area is 94.2 Å². The van der Waals surface area contributed by atoms with Gasteiger partial charge in [-0.15, -0.1) is 5.10 Å². The van der Waals surface area contributed by atoms with Gasteiger partial charge in [-0.3, -0.25) is 9.48 Å². The predicted octanol–water partition coefficient (Wildman–Crippen LogP) is 0.477. The first kappa shape index (κ1) is 9.81. The third-order valence-electron chi connectivity index (χ3n) is 3.66.